The SMILES string of the molecule is CC(C)OC1CC2C(CC1F)NNC2c1cc(N2CCn3nc(C(F)(F)F)nc3C2C)ncn1. The van der Waals surface area contributed by atoms with Crippen molar-refractivity contribution in [2.75, 3.05) is 11.4 Å². The first kappa shape index (κ1) is 23.4. The summed E-state index contributed by atoms with van der Waals surface area (Å²) in [7, 11) is 0. The number of nitrogens with zero attached hydrogens (tertiary/aromatic N) is 6. The van der Waals surface area contributed by atoms with Crippen LogP contribution in [0.2, 0.25) is 0 Å². The predicted octanol–water partition coefficient (Wildman–Crippen LogP) is 2.73. The van der Waals surface area contributed by atoms with E-state index >= 15 is 0 Å². The van der Waals surface area contributed by atoms with Gasteiger partial charge in [0, 0.05) is 24.6 Å². The van der Waals surface area contributed by atoms with E-state index in [4.69, 9.17) is 4.74 Å². The standard InChI is InChI=1S/C21H28F4N8O/c1-10(2)34-16-6-12-14(7-13(16)22)29-30-18(12)15-8-17(27-9-26-15)32-4-5-33-19(11(32)3)28-20(31-33)21(23,24)25/h8-14,16,18,29-30H,4-7H2,1-3H3. The Morgan fingerprint density at radius 3 is 2.68 bits per heavy atom. The zero-order chi connectivity index (χ0) is 24.2. The van der Waals surface area contributed by atoms with Crippen molar-refractivity contribution in [3.63, 3.8) is 0 Å². The summed E-state index contributed by atoms with van der Waals surface area (Å²) >= 11 is 0. The number of rotatable bonds is 4. The van der Waals surface area contributed by atoms with Crippen LogP contribution < -0.4 is 15.8 Å². The minimum atomic E-state index is -4.59. The highest BCUT2D eigenvalue weighted by atomic mass is 19.4. The van der Waals surface area contributed by atoms with E-state index in [1.807, 2.05) is 24.8 Å². The third kappa shape index (κ3) is 4.24. The summed E-state index contributed by atoms with van der Waals surface area (Å²) in [6.45, 7) is 6.28. The molecule has 5 rings (SSSR count). The van der Waals surface area contributed by atoms with Crippen LogP contribution in [0.4, 0.5) is 23.4 Å². The molecule has 3 aliphatic rings. The van der Waals surface area contributed by atoms with Crippen molar-refractivity contribution in [3.8, 4) is 0 Å². The van der Waals surface area contributed by atoms with Gasteiger partial charge in [-0.2, -0.15) is 13.2 Å². The number of hydrazine groups is 1. The summed E-state index contributed by atoms with van der Waals surface area (Å²) in [6, 6.07) is 1.18. The molecule has 6 atom stereocenters. The van der Waals surface area contributed by atoms with Crippen molar-refractivity contribution in [3.05, 3.63) is 29.7 Å². The Labute approximate surface area is 194 Å². The number of hydrogen-bond acceptors (Lipinski definition) is 8. The fraction of sp³-hybridized carbons (Fsp3) is 0.714. The Bertz CT molecular complexity index is 1030. The van der Waals surface area contributed by atoms with Gasteiger partial charge in [0.05, 0.1) is 36.5 Å². The molecular weight excluding hydrogens is 456 g/mol. The topological polar surface area (TPSA) is 93.0 Å². The molecular formula is C21H28F4N8O. The van der Waals surface area contributed by atoms with E-state index in [0.29, 0.717) is 25.2 Å². The minimum absolute atomic E-state index is 0.0429. The lowest BCUT2D eigenvalue weighted by Gasteiger charge is -2.36. The Kier molecular flexibility index (Phi) is 5.97. The number of anilines is 1. The summed E-state index contributed by atoms with van der Waals surface area (Å²) in [6.07, 6.45) is -3.80. The van der Waals surface area contributed by atoms with Gasteiger partial charge in [-0.15, -0.1) is 5.10 Å². The Balaban J connectivity index is 1.36. The number of hydrogen-bond donors (Lipinski definition) is 2. The van der Waals surface area contributed by atoms with Crippen molar-refractivity contribution in [2.45, 2.75) is 82.8 Å². The van der Waals surface area contributed by atoms with Crippen LogP contribution in [0.3, 0.4) is 0 Å². The van der Waals surface area contributed by atoms with Crippen LogP contribution in [-0.2, 0) is 17.5 Å². The van der Waals surface area contributed by atoms with Gasteiger partial charge in [0.15, 0.2) is 0 Å². The van der Waals surface area contributed by atoms with Crippen molar-refractivity contribution in [1.82, 2.24) is 35.6 Å². The molecule has 0 aromatic carbocycles. The lowest BCUT2D eigenvalue weighted by molar-refractivity contribution is -0.145. The van der Waals surface area contributed by atoms with Gasteiger partial charge >= 0.3 is 6.18 Å². The largest absolute Gasteiger partial charge is 0.453 e. The first-order valence-corrected chi connectivity index (χ1v) is 11.5. The normalized spacial score (nSPS) is 31.6. The summed E-state index contributed by atoms with van der Waals surface area (Å²) in [5.74, 6) is -0.211. The molecule has 2 aliphatic heterocycles. The van der Waals surface area contributed by atoms with Crippen molar-refractivity contribution >= 4 is 5.82 Å². The van der Waals surface area contributed by atoms with Gasteiger partial charge in [-0.3, -0.25) is 5.43 Å². The molecule has 0 spiro atoms. The maximum absolute atomic E-state index is 14.6. The number of aromatic nitrogens is 5. The van der Waals surface area contributed by atoms with Crippen LogP contribution >= 0.6 is 0 Å². The third-order valence-corrected chi connectivity index (χ3v) is 6.84. The number of halogens is 4. The molecule has 4 heterocycles. The van der Waals surface area contributed by atoms with Gasteiger partial charge in [-0.1, -0.05) is 0 Å². The van der Waals surface area contributed by atoms with Crippen molar-refractivity contribution < 1.29 is 22.3 Å². The van der Waals surface area contributed by atoms with Crippen LogP contribution in [0, 0.1) is 5.92 Å². The lowest BCUT2D eigenvalue weighted by Crippen LogP contribution is -2.44. The molecule has 9 nitrogen and oxygen atoms in total. The van der Waals surface area contributed by atoms with E-state index in [1.165, 1.54) is 11.0 Å². The Morgan fingerprint density at radius 1 is 1.15 bits per heavy atom. The number of nitrogens with one attached hydrogen (secondary N) is 2. The summed E-state index contributed by atoms with van der Waals surface area (Å²) < 4.78 is 61.0. The van der Waals surface area contributed by atoms with Crippen molar-refractivity contribution in [2.24, 2.45) is 5.92 Å². The van der Waals surface area contributed by atoms with Gasteiger partial charge in [-0.05, 0) is 33.6 Å². The molecule has 13 heteroatoms. The molecule has 0 amide bonds. The van der Waals surface area contributed by atoms with Crippen LogP contribution in [0.25, 0.3) is 0 Å². The first-order chi connectivity index (χ1) is 16.1. The van der Waals surface area contributed by atoms with Crippen molar-refractivity contribution in [1.29, 1.82) is 0 Å². The Morgan fingerprint density at radius 2 is 1.94 bits per heavy atom. The first-order valence-electron chi connectivity index (χ1n) is 11.5. The van der Waals surface area contributed by atoms with E-state index in [0.717, 1.165) is 5.69 Å². The molecule has 0 radical (unpaired) electrons. The van der Waals surface area contributed by atoms with Gasteiger partial charge in [-0.25, -0.2) is 29.4 Å². The van der Waals surface area contributed by atoms with E-state index in [-0.39, 0.29) is 36.5 Å². The molecule has 2 N–H and O–H groups in total. The zero-order valence-electron chi connectivity index (χ0n) is 19.1. The molecule has 34 heavy (non-hydrogen) atoms. The van der Waals surface area contributed by atoms with Crippen LogP contribution in [0.15, 0.2) is 12.4 Å². The third-order valence-electron chi connectivity index (χ3n) is 6.84. The highest BCUT2D eigenvalue weighted by Gasteiger charge is 2.46. The molecule has 2 fully saturated rings. The van der Waals surface area contributed by atoms with Gasteiger partial charge in [0.1, 0.15) is 24.1 Å². The molecule has 1 saturated heterocycles. The number of alkyl halides is 4. The second kappa shape index (κ2) is 8.68. The molecule has 1 saturated carbocycles. The fourth-order valence-electron chi connectivity index (χ4n) is 5.26. The molecule has 186 valence electrons. The van der Waals surface area contributed by atoms with Crippen LogP contribution in [0.5, 0.6) is 0 Å². The second-order valence-corrected chi connectivity index (χ2v) is 9.43. The Hall–Kier alpha value is -2.38. The number of ether oxygens (including phenoxy) is 1. The van der Waals surface area contributed by atoms with E-state index < -0.39 is 30.3 Å². The summed E-state index contributed by atoms with van der Waals surface area (Å²) in [5.41, 5.74) is 7.19. The highest BCUT2D eigenvalue weighted by molar-refractivity contribution is 5.43. The molecule has 2 aromatic rings. The minimum Gasteiger partial charge on any atom is -0.373 e. The summed E-state index contributed by atoms with van der Waals surface area (Å²) in [4.78, 5) is 14.5. The maximum Gasteiger partial charge on any atom is 0.453 e. The van der Waals surface area contributed by atoms with Gasteiger partial charge in [0.2, 0.25) is 0 Å². The second-order valence-electron chi connectivity index (χ2n) is 9.43. The van der Waals surface area contributed by atoms with Gasteiger partial charge < -0.3 is 9.64 Å². The highest BCUT2D eigenvalue weighted by Crippen LogP contribution is 2.40. The zero-order valence-corrected chi connectivity index (χ0v) is 19.1. The van der Waals surface area contributed by atoms with Gasteiger partial charge in [0.25, 0.3) is 5.82 Å². The van der Waals surface area contributed by atoms with E-state index in [9.17, 15) is 17.6 Å². The average Bonchev–Trinajstić information content (AvgIpc) is 3.39. The maximum atomic E-state index is 14.6. The quantitative estimate of drug-likeness (QED) is 0.640. The monoisotopic (exact) mass is 484 g/mol. The average molecular weight is 485 g/mol. The van der Waals surface area contributed by atoms with E-state index in [2.05, 4.69) is 30.9 Å². The molecule has 1 aliphatic carbocycles. The fourth-order valence-corrected chi connectivity index (χ4v) is 5.26. The predicted molar refractivity (Wildman–Crippen MR) is 113 cm³/mol. The summed E-state index contributed by atoms with van der Waals surface area (Å²) in [5, 5.41) is 3.62. The lowest BCUT2D eigenvalue weighted by atomic mass is 9.78. The van der Waals surface area contributed by atoms with Crippen LogP contribution in [-0.4, -0.2) is 55.7 Å². The molecule has 6 unspecified atom stereocenters. The number of fused-ring (bicyclic) bond motifs is 2. The van der Waals surface area contributed by atoms with Crippen LogP contribution in [0.1, 0.15) is 63.0 Å². The van der Waals surface area contributed by atoms with E-state index in [1.54, 1.807) is 6.92 Å². The molecule has 0 bridgehead atoms. The molecule has 2 aromatic heterocycles. The smallest absolute Gasteiger partial charge is 0.373 e.